The van der Waals surface area contributed by atoms with E-state index >= 15 is 0 Å². The Balaban J connectivity index is 2.38. The number of nitrogens with two attached hydrogens (primary N) is 1. The van der Waals surface area contributed by atoms with E-state index in [-0.39, 0.29) is 12.7 Å². The van der Waals surface area contributed by atoms with Crippen molar-refractivity contribution >= 4 is 5.97 Å². The summed E-state index contributed by atoms with van der Waals surface area (Å²) in [5.74, 6) is -0.0650. The summed E-state index contributed by atoms with van der Waals surface area (Å²) in [6.07, 6.45) is 4.34. The van der Waals surface area contributed by atoms with Crippen LogP contribution in [0.3, 0.4) is 0 Å². The fourth-order valence-corrected chi connectivity index (χ4v) is 1.77. The van der Waals surface area contributed by atoms with Gasteiger partial charge in [-0.25, -0.2) is 0 Å². The molecule has 0 radical (unpaired) electrons. The summed E-state index contributed by atoms with van der Waals surface area (Å²) in [4.78, 5) is 11.3. The van der Waals surface area contributed by atoms with Crippen molar-refractivity contribution in [3.05, 3.63) is 0 Å². The number of carbonyl (C=O) groups excluding carboxylic acids is 1. The fraction of sp³-hybridized carbons (Fsp3) is 0.900. The van der Waals surface area contributed by atoms with Gasteiger partial charge in [0.1, 0.15) is 12.1 Å². The molecule has 0 heterocycles. The molecule has 2 unspecified atom stereocenters. The van der Waals surface area contributed by atoms with Crippen molar-refractivity contribution in [2.24, 2.45) is 11.7 Å². The Bertz CT molecular complexity index is 196. The van der Waals surface area contributed by atoms with E-state index in [0.29, 0.717) is 5.92 Å². The van der Waals surface area contributed by atoms with Gasteiger partial charge in [-0.15, -0.1) is 0 Å². The molecule has 0 spiro atoms. The first-order chi connectivity index (χ1) is 6.65. The molecule has 1 rings (SSSR count). The van der Waals surface area contributed by atoms with Gasteiger partial charge in [0, 0.05) is 0 Å². The van der Waals surface area contributed by atoms with Crippen molar-refractivity contribution in [3.63, 3.8) is 0 Å². The van der Waals surface area contributed by atoms with E-state index < -0.39 is 12.0 Å². The Labute approximate surface area is 84.4 Å². The monoisotopic (exact) mass is 201 g/mol. The predicted octanol–water partition coefficient (Wildman–Crippen LogP) is 0.428. The van der Waals surface area contributed by atoms with Gasteiger partial charge in [0.15, 0.2) is 0 Å². The summed E-state index contributed by atoms with van der Waals surface area (Å²) in [7, 11) is 0. The zero-order chi connectivity index (χ0) is 10.6. The molecule has 3 atom stereocenters. The van der Waals surface area contributed by atoms with Gasteiger partial charge in [-0.05, 0) is 25.2 Å². The smallest absolute Gasteiger partial charge is 0.325 e. The quantitative estimate of drug-likeness (QED) is 0.649. The minimum absolute atomic E-state index is 0.00569. The third-order valence-electron chi connectivity index (χ3n) is 2.80. The molecule has 1 aliphatic rings. The topological polar surface area (TPSA) is 72.5 Å². The molecule has 1 aliphatic carbocycles. The lowest BCUT2D eigenvalue weighted by atomic mass is 9.88. The number of hydrogen-bond donors (Lipinski definition) is 2. The van der Waals surface area contributed by atoms with Crippen LogP contribution < -0.4 is 5.73 Å². The first kappa shape index (κ1) is 11.5. The van der Waals surface area contributed by atoms with Crippen LogP contribution in [0, 0.1) is 5.92 Å². The van der Waals surface area contributed by atoms with Gasteiger partial charge < -0.3 is 15.6 Å². The largest absolute Gasteiger partial charge is 0.461 e. The number of rotatable bonds is 3. The second-order valence-electron chi connectivity index (χ2n) is 4.03. The molecule has 14 heavy (non-hydrogen) atoms. The summed E-state index contributed by atoms with van der Waals surface area (Å²) >= 11 is 0. The fourth-order valence-electron chi connectivity index (χ4n) is 1.77. The molecule has 0 aromatic rings. The number of aliphatic hydroxyl groups excluding tert-OH is 1. The normalized spacial score (nSPS) is 29.6. The average Bonchev–Trinajstić information content (AvgIpc) is 2.20. The van der Waals surface area contributed by atoms with Crippen molar-refractivity contribution in [1.29, 1.82) is 0 Å². The van der Waals surface area contributed by atoms with Gasteiger partial charge in [-0.2, -0.15) is 0 Å². The maximum atomic E-state index is 11.3. The summed E-state index contributed by atoms with van der Waals surface area (Å²) in [5.41, 5.74) is 5.35. The van der Waals surface area contributed by atoms with Crippen LogP contribution >= 0.6 is 0 Å². The molecule has 4 heteroatoms. The Morgan fingerprint density at radius 3 is 2.79 bits per heavy atom. The van der Waals surface area contributed by atoms with Crippen molar-refractivity contribution in [2.45, 2.75) is 44.8 Å². The molecule has 0 amide bonds. The molecule has 0 bridgehead atoms. The Morgan fingerprint density at radius 1 is 1.57 bits per heavy atom. The number of ether oxygens (including phenoxy) is 1. The van der Waals surface area contributed by atoms with E-state index in [4.69, 9.17) is 15.6 Å². The lowest BCUT2D eigenvalue weighted by Gasteiger charge is -2.29. The summed E-state index contributed by atoms with van der Waals surface area (Å²) in [6.45, 7) is 1.74. The van der Waals surface area contributed by atoms with Crippen molar-refractivity contribution < 1.29 is 14.6 Å². The maximum absolute atomic E-state index is 11.3. The SMILES string of the molecule is CC1CCCCC1OC(=O)[C@@H](N)CO. The molecule has 1 saturated carbocycles. The van der Waals surface area contributed by atoms with Gasteiger partial charge in [-0.1, -0.05) is 13.3 Å². The zero-order valence-electron chi connectivity index (χ0n) is 8.61. The van der Waals surface area contributed by atoms with E-state index in [1.54, 1.807) is 0 Å². The predicted molar refractivity (Wildman–Crippen MR) is 52.6 cm³/mol. The molecular weight excluding hydrogens is 182 g/mol. The standard InChI is InChI=1S/C10H19NO3/c1-7-4-2-3-5-9(7)14-10(13)8(11)6-12/h7-9,12H,2-6,11H2,1H3/t7?,8-,9?/m0/s1. The van der Waals surface area contributed by atoms with Crippen LogP contribution in [0.4, 0.5) is 0 Å². The highest BCUT2D eigenvalue weighted by molar-refractivity contribution is 5.75. The van der Waals surface area contributed by atoms with E-state index in [0.717, 1.165) is 19.3 Å². The van der Waals surface area contributed by atoms with Crippen molar-refractivity contribution in [1.82, 2.24) is 0 Å². The average molecular weight is 201 g/mol. The lowest BCUT2D eigenvalue weighted by molar-refractivity contribution is -0.155. The van der Waals surface area contributed by atoms with Gasteiger partial charge in [0.2, 0.25) is 0 Å². The second kappa shape index (κ2) is 5.32. The summed E-state index contributed by atoms with van der Waals surface area (Å²) < 4.78 is 5.23. The molecule has 0 aromatic carbocycles. The molecule has 0 aromatic heterocycles. The van der Waals surface area contributed by atoms with E-state index in [9.17, 15) is 4.79 Å². The van der Waals surface area contributed by atoms with Gasteiger partial charge in [0.05, 0.1) is 6.61 Å². The van der Waals surface area contributed by atoms with Crippen LogP contribution in [0.2, 0.25) is 0 Å². The number of esters is 1. The van der Waals surface area contributed by atoms with Gasteiger partial charge in [-0.3, -0.25) is 4.79 Å². The minimum Gasteiger partial charge on any atom is -0.461 e. The Morgan fingerprint density at radius 2 is 2.21 bits per heavy atom. The second-order valence-corrected chi connectivity index (χ2v) is 4.03. The van der Waals surface area contributed by atoms with Gasteiger partial charge in [0.25, 0.3) is 0 Å². The Kier molecular flexibility index (Phi) is 4.35. The minimum atomic E-state index is -0.885. The van der Waals surface area contributed by atoms with Crippen LogP contribution in [0.15, 0.2) is 0 Å². The van der Waals surface area contributed by atoms with E-state index in [2.05, 4.69) is 6.92 Å². The molecular formula is C10H19NO3. The third kappa shape index (κ3) is 2.96. The van der Waals surface area contributed by atoms with Gasteiger partial charge >= 0.3 is 5.97 Å². The Hall–Kier alpha value is -0.610. The van der Waals surface area contributed by atoms with E-state index in [1.165, 1.54) is 6.42 Å². The summed E-state index contributed by atoms with van der Waals surface area (Å²) in [5, 5.41) is 8.67. The first-order valence-corrected chi connectivity index (χ1v) is 5.22. The summed E-state index contributed by atoms with van der Waals surface area (Å²) in [6, 6.07) is -0.885. The zero-order valence-corrected chi connectivity index (χ0v) is 8.61. The van der Waals surface area contributed by atoms with Crippen LogP contribution in [0.1, 0.15) is 32.6 Å². The number of carbonyl (C=O) groups is 1. The molecule has 0 aliphatic heterocycles. The highest BCUT2D eigenvalue weighted by Gasteiger charge is 2.26. The highest BCUT2D eigenvalue weighted by atomic mass is 16.5. The third-order valence-corrected chi connectivity index (χ3v) is 2.80. The molecule has 3 N–H and O–H groups in total. The van der Waals surface area contributed by atoms with Crippen LogP contribution in [-0.2, 0) is 9.53 Å². The van der Waals surface area contributed by atoms with Crippen LogP contribution in [0.25, 0.3) is 0 Å². The highest BCUT2D eigenvalue weighted by Crippen LogP contribution is 2.26. The number of hydrogen-bond acceptors (Lipinski definition) is 4. The molecule has 1 fully saturated rings. The first-order valence-electron chi connectivity index (χ1n) is 5.22. The van der Waals surface area contributed by atoms with E-state index in [1.807, 2.05) is 0 Å². The molecule has 82 valence electrons. The number of aliphatic hydroxyl groups is 1. The van der Waals surface area contributed by atoms with Crippen LogP contribution in [0.5, 0.6) is 0 Å². The molecule has 4 nitrogen and oxygen atoms in total. The molecule has 0 saturated heterocycles. The van der Waals surface area contributed by atoms with Crippen LogP contribution in [-0.4, -0.2) is 29.8 Å². The van der Waals surface area contributed by atoms with Crippen molar-refractivity contribution in [2.75, 3.05) is 6.61 Å². The van der Waals surface area contributed by atoms with Crippen molar-refractivity contribution in [3.8, 4) is 0 Å². The maximum Gasteiger partial charge on any atom is 0.325 e. The lowest BCUT2D eigenvalue weighted by Crippen LogP contribution is -2.39.